The summed E-state index contributed by atoms with van der Waals surface area (Å²) in [5.41, 5.74) is 2.37. The van der Waals surface area contributed by atoms with E-state index in [9.17, 15) is 9.90 Å². The van der Waals surface area contributed by atoms with Gasteiger partial charge in [-0.3, -0.25) is 0 Å². The second-order valence-corrected chi connectivity index (χ2v) is 7.72. The molecule has 0 fully saturated rings. The van der Waals surface area contributed by atoms with Crippen LogP contribution in [0.1, 0.15) is 32.4 Å². The van der Waals surface area contributed by atoms with Crippen LogP contribution in [0.2, 0.25) is 0 Å². The van der Waals surface area contributed by atoms with Gasteiger partial charge in [0.2, 0.25) is 5.95 Å². The number of nitrogens with zero attached hydrogens (tertiary/aromatic N) is 3. The van der Waals surface area contributed by atoms with Gasteiger partial charge in [-0.25, -0.2) is 9.48 Å². The van der Waals surface area contributed by atoms with E-state index in [1.807, 2.05) is 13.0 Å². The Morgan fingerprint density at radius 2 is 1.83 bits per heavy atom. The van der Waals surface area contributed by atoms with Gasteiger partial charge in [0.15, 0.2) is 28.8 Å². The number of methoxy groups -OCH3 is 2. The van der Waals surface area contributed by atoms with Crippen LogP contribution in [-0.2, 0) is 9.53 Å². The molecule has 1 aliphatic rings. The van der Waals surface area contributed by atoms with Gasteiger partial charge >= 0.3 is 5.97 Å². The Balaban J connectivity index is 1.86. The van der Waals surface area contributed by atoms with Crippen molar-refractivity contribution in [2.45, 2.75) is 26.8 Å². The number of carbonyl (C=O) groups excluding carboxylic acids is 1. The minimum atomic E-state index is -0.661. The van der Waals surface area contributed by atoms with Crippen LogP contribution in [-0.4, -0.2) is 53.3 Å². The molecule has 10 heteroatoms. The second kappa shape index (κ2) is 9.96. The van der Waals surface area contributed by atoms with Crippen molar-refractivity contribution in [2.75, 3.05) is 32.8 Å². The number of allylic oxidation sites excluding steroid dienone is 1. The van der Waals surface area contributed by atoms with Gasteiger partial charge in [-0.1, -0.05) is 6.07 Å². The fourth-order valence-electron chi connectivity index (χ4n) is 4.00. The van der Waals surface area contributed by atoms with Crippen molar-refractivity contribution >= 4 is 11.9 Å². The molecule has 0 spiro atoms. The Bertz CT molecular complexity index is 1280. The largest absolute Gasteiger partial charge is 0.504 e. The Hall–Kier alpha value is -4.21. The summed E-state index contributed by atoms with van der Waals surface area (Å²) in [6.45, 7) is 5.97. The molecule has 1 unspecified atom stereocenters. The van der Waals surface area contributed by atoms with Crippen LogP contribution in [0.4, 0.5) is 5.95 Å². The maximum atomic E-state index is 13.0. The number of nitrogens with one attached hydrogen (secondary N) is 1. The normalized spacial score (nSPS) is 14.7. The lowest BCUT2D eigenvalue weighted by atomic mass is 9.95. The molecule has 0 amide bonds. The number of rotatable bonds is 8. The van der Waals surface area contributed by atoms with Gasteiger partial charge in [-0.15, -0.1) is 5.10 Å². The maximum Gasteiger partial charge on any atom is 0.338 e. The molecule has 2 N–H and O–H groups in total. The monoisotopic (exact) mass is 480 g/mol. The van der Waals surface area contributed by atoms with E-state index in [1.54, 1.807) is 57.0 Å². The third-order valence-corrected chi connectivity index (χ3v) is 5.59. The zero-order chi connectivity index (χ0) is 25.1. The summed E-state index contributed by atoms with van der Waals surface area (Å²) in [6.07, 6.45) is 0. The first-order valence-corrected chi connectivity index (χ1v) is 11.2. The van der Waals surface area contributed by atoms with Crippen LogP contribution in [0.3, 0.4) is 0 Å². The molecule has 2 aromatic carbocycles. The van der Waals surface area contributed by atoms with Gasteiger partial charge in [0.1, 0.15) is 6.04 Å². The van der Waals surface area contributed by atoms with E-state index in [1.165, 1.54) is 6.07 Å². The maximum absolute atomic E-state index is 13.0. The van der Waals surface area contributed by atoms with Gasteiger partial charge in [0.25, 0.3) is 0 Å². The van der Waals surface area contributed by atoms with Crippen LogP contribution in [0.15, 0.2) is 47.7 Å². The molecule has 1 aliphatic heterocycles. The molecule has 10 nitrogen and oxygen atoms in total. The Morgan fingerprint density at radius 3 is 2.51 bits per heavy atom. The number of aromatic nitrogens is 3. The van der Waals surface area contributed by atoms with Crippen molar-refractivity contribution in [2.24, 2.45) is 0 Å². The smallest absolute Gasteiger partial charge is 0.338 e. The van der Waals surface area contributed by atoms with Crippen LogP contribution < -0.4 is 19.5 Å². The second-order valence-electron chi connectivity index (χ2n) is 7.72. The molecule has 3 aromatic rings. The molecule has 0 bridgehead atoms. The summed E-state index contributed by atoms with van der Waals surface area (Å²) in [7, 11) is 3.13. The lowest BCUT2D eigenvalue weighted by molar-refractivity contribution is -0.139. The molecule has 0 saturated heterocycles. The summed E-state index contributed by atoms with van der Waals surface area (Å²) in [6, 6.07) is 9.69. The number of fused-ring (bicyclic) bond motifs is 1. The van der Waals surface area contributed by atoms with E-state index in [2.05, 4.69) is 10.3 Å². The third kappa shape index (κ3) is 4.46. The summed E-state index contributed by atoms with van der Waals surface area (Å²) in [5, 5.41) is 18.1. The molecule has 35 heavy (non-hydrogen) atoms. The minimum Gasteiger partial charge on any atom is -0.504 e. The number of benzene rings is 2. The van der Waals surface area contributed by atoms with Gasteiger partial charge in [-0.05, 0) is 56.7 Å². The molecular weight excluding hydrogens is 452 g/mol. The lowest BCUT2D eigenvalue weighted by Crippen LogP contribution is -2.29. The zero-order valence-corrected chi connectivity index (χ0v) is 20.3. The first kappa shape index (κ1) is 23.9. The number of anilines is 1. The van der Waals surface area contributed by atoms with Crippen LogP contribution in [0, 0.1) is 0 Å². The molecular formula is C25H28N4O6. The van der Waals surface area contributed by atoms with Gasteiger partial charge in [-0.2, -0.15) is 4.98 Å². The quantitative estimate of drug-likeness (QED) is 0.463. The standard InChI is InChI=1S/C25H28N4O6/c1-6-34-19-12-15(8-10-17(19)30)22-21(24(31)35-7-2)14(3)26-25-27-23(28-29(22)25)16-9-11-18(32-4)20(13-16)33-5/h8-13,22,30H,6-7H2,1-5H3,(H,26,27,28). The minimum absolute atomic E-state index is 0.00718. The summed E-state index contributed by atoms with van der Waals surface area (Å²) in [4.78, 5) is 17.7. The topological polar surface area (TPSA) is 117 Å². The first-order chi connectivity index (χ1) is 16.9. The average Bonchev–Trinajstić information content (AvgIpc) is 3.28. The van der Waals surface area contributed by atoms with E-state index in [0.717, 1.165) is 0 Å². The van der Waals surface area contributed by atoms with Crippen molar-refractivity contribution in [1.29, 1.82) is 0 Å². The molecule has 4 rings (SSSR count). The van der Waals surface area contributed by atoms with E-state index in [4.69, 9.17) is 24.0 Å². The average molecular weight is 481 g/mol. The summed E-state index contributed by atoms with van der Waals surface area (Å²) >= 11 is 0. The van der Waals surface area contributed by atoms with Crippen LogP contribution >= 0.6 is 0 Å². The number of ether oxygens (including phenoxy) is 4. The first-order valence-electron chi connectivity index (χ1n) is 11.2. The number of esters is 1. The highest BCUT2D eigenvalue weighted by atomic mass is 16.5. The van der Waals surface area contributed by atoms with Crippen molar-refractivity contribution in [3.63, 3.8) is 0 Å². The number of hydrogen-bond acceptors (Lipinski definition) is 9. The number of phenolic OH excluding ortho intramolecular Hbond substituents is 1. The molecule has 0 aliphatic carbocycles. The van der Waals surface area contributed by atoms with E-state index < -0.39 is 12.0 Å². The zero-order valence-electron chi connectivity index (χ0n) is 20.3. The van der Waals surface area contributed by atoms with Crippen molar-refractivity contribution in [3.8, 4) is 34.4 Å². The van der Waals surface area contributed by atoms with Gasteiger partial charge in [0.05, 0.1) is 33.0 Å². The van der Waals surface area contributed by atoms with Crippen molar-refractivity contribution in [1.82, 2.24) is 14.8 Å². The number of aromatic hydroxyl groups is 1. The van der Waals surface area contributed by atoms with Gasteiger partial charge in [0, 0.05) is 11.3 Å². The van der Waals surface area contributed by atoms with Crippen molar-refractivity contribution in [3.05, 3.63) is 53.2 Å². The molecule has 184 valence electrons. The Labute approximate surface area is 203 Å². The number of phenols is 1. The molecule has 0 radical (unpaired) electrons. The molecule has 0 saturated carbocycles. The van der Waals surface area contributed by atoms with E-state index in [0.29, 0.717) is 58.0 Å². The lowest BCUT2D eigenvalue weighted by Gasteiger charge is -2.28. The predicted octanol–water partition coefficient (Wildman–Crippen LogP) is 3.92. The molecule has 1 aromatic heterocycles. The van der Waals surface area contributed by atoms with E-state index >= 15 is 0 Å². The fraction of sp³-hybridized carbons (Fsp3) is 0.320. The number of carbonyl (C=O) groups is 1. The molecule has 2 heterocycles. The SMILES string of the molecule is CCOC(=O)C1=C(C)Nc2nc(-c3ccc(OC)c(OC)c3)nn2C1c1ccc(O)c(OCC)c1. The Morgan fingerprint density at radius 1 is 1.06 bits per heavy atom. The third-order valence-electron chi connectivity index (χ3n) is 5.59. The molecule has 1 atom stereocenters. The summed E-state index contributed by atoms with van der Waals surface area (Å²) < 4.78 is 23.3. The highest BCUT2D eigenvalue weighted by Gasteiger charge is 2.35. The van der Waals surface area contributed by atoms with Crippen LogP contribution in [0.5, 0.6) is 23.0 Å². The van der Waals surface area contributed by atoms with Gasteiger partial charge < -0.3 is 29.4 Å². The predicted molar refractivity (Wildman–Crippen MR) is 129 cm³/mol. The highest BCUT2D eigenvalue weighted by Crippen LogP contribution is 2.40. The van der Waals surface area contributed by atoms with Crippen LogP contribution in [0.25, 0.3) is 11.4 Å². The Kier molecular flexibility index (Phi) is 6.81. The number of hydrogen-bond donors (Lipinski definition) is 2. The van der Waals surface area contributed by atoms with E-state index in [-0.39, 0.29) is 12.4 Å². The fourth-order valence-corrected chi connectivity index (χ4v) is 4.00. The van der Waals surface area contributed by atoms with Crippen molar-refractivity contribution < 1.29 is 28.8 Å². The summed E-state index contributed by atoms with van der Waals surface area (Å²) in [5.74, 6) is 1.87. The highest BCUT2D eigenvalue weighted by molar-refractivity contribution is 5.92.